The van der Waals surface area contributed by atoms with Crippen molar-refractivity contribution < 1.29 is 13.2 Å². The molecule has 0 aromatic heterocycles. The quantitative estimate of drug-likeness (QED) is 0.748. The van der Waals surface area contributed by atoms with Gasteiger partial charge < -0.3 is 10.2 Å². The van der Waals surface area contributed by atoms with Gasteiger partial charge in [0.15, 0.2) is 0 Å². The molecule has 1 fully saturated rings. The Bertz CT molecular complexity index is 1040. The third-order valence-corrected chi connectivity index (χ3v) is 8.35. The molecular formula is C24H31N3O3S. The standard InChI is InChI=1S/C24H31N3O3S/c1-26(2)22-9-6-18(7-10-22)17-25-24(28)20-12-14-27(15-13-20)31(29,30)23-11-8-19-4-3-5-21(19)16-23/h6-11,16,20H,3-5,12-15,17H2,1-2H3,(H,25,28). The molecule has 4 rings (SSSR count). The first-order valence-corrected chi connectivity index (χ1v) is 12.4. The van der Waals surface area contributed by atoms with Crippen LogP contribution in [0.5, 0.6) is 0 Å². The fraction of sp³-hybridized carbons (Fsp3) is 0.458. The van der Waals surface area contributed by atoms with E-state index < -0.39 is 10.0 Å². The zero-order valence-corrected chi connectivity index (χ0v) is 19.1. The molecule has 31 heavy (non-hydrogen) atoms. The van der Waals surface area contributed by atoms with Crippen LogP contribution >= 0.6 is 0 Å². The fourth-order valence-electron chi connectivity index (χ4n) is 4.46. The van der Waals surface area contributed by atoms with Crippen LogP contribution in [-0.2, 0) is 34.2 Å². The molecular weight excluding hydrogens is 410 g/mol. The number of hydrogen-bond donors (Lipinski definition) is 1. The molecule has 1 aliphatic carbocycles. The van der Waals surface area contributed by atoms with Gasteiger partial charge in [0, 0.05) is 45.3 Å². The van der Waals surface area contributed by atoms with Crippen LogP contribution in [0.4, 0.5) is 5.69 Å². The average Bonchev–Trinajstić information content (AvgIpc) is 3.26. The van der Waals surface area contributed by atoms with E-state index in [9.17, 15) is 13.2 Å². The Labute approximate surface area is 185 Å². The van der Waals surface area contributed by atoms with Crippen molar-refractivity contribution in [1.82, 2.24) is 9.62 Å². The van der Waals surface area contributed by atoms with E-state index in [0.29, 0.717) is 37.4 Å². The number of piperidine rings is 1. The van der Waals surface area contributed by atoms with Crippen molar-refractivity contribution in [3.63, 3.8) is 0 Å². The number of nitrogens with zero attached hydrogens (tertiary/aromatic N) is 2. The van der Waals surface area contributed by atoms with E-state index in [1.54, 1.807) is 6.07 Å². The van der Waals surface area contributed by atoms with E-state index in [2.05, 4.69) is 5.32 Å². The molecule has 2 aromatic rings. The molecule has 1 aliphatic heterocycles. The van der Waals surface area contributed by atoms with E-state index >= 15 is 0 Å². The highest BCUT2D eigenvalue weighted by Gasteiger charge is 2.32. The minimum absolute atomic E-state index is 0.00580. The first kappa shape index (κ1) is 21.8. The number of rotatable bonds is 6. The molecule has 1 amide bonds. The Morgan fingerprint density at radius 1 is 1.03 bits per heavy atom. The lowest BCUT2D eigenvalue weighted by Crippen LogP contribution is -2.42. The highest BCUT2D eigenvalue weighted by molar-refractivity contribution is 7.89. The summed E-state index contributed by atoms with van der Waals surface area (Å²) in [6.45, 7) is 1.25. The van der Waals surface area contributed by atoms with Crippen molar-refractivity contribution >= 4 is 21.6 Å². The predicted molar refractivity (Wildman–Crippen MR) is 123 cm³/mol. The largest absolute Gasteiger partial charge is 0.378 e. The lowest BCUT2D eigenvalue weighted by molar-refractivity contribution is -0.126. The number of carbonyl (C=O) groups excluding carboxylic acids is 1. The van der Waals surface area contributed by atoms with Gasteiger partial charge in [-0.05, 0) is 73.1 Å². The molecule has 2 aliphatic rings. The van der Waals surface area contributed by atoms with Crippen LogP contribution < -0.4 is 10.2 Å². The van der Waals surface area contributed by atoms with Crippen LogP contribution in [0.15, 0.2) is 47.4 Å². The molecule has 0 spiro atoms. The molecule has 7 heteroatoms. The Morgan fingerprint density at radius 2 is 1.71 bits per heavy atom. The molecule has 166 valence electrons. The number of amides is 1. The van der Waals surface area contributed by atoms with Gasteiger partial charge in [-0.25, -0.2) is 8.42 Å². The Morgan fingerprint density at radius 3 is 2.39 bits per heavy atom. The van der Waals surface area contributed by atoms with Crippen LogP contribution in [-0.4, -0.2) is 45.8 Å². The van der Waals surface area contributed by atoms with Gasteiger partial charge in [0.2, 0.25) is 15.9 Å². The summed E-state index contributed by atoms with van der Waals surface area (Å²) in [5.41, 5.74) is 4.60. The van der Waals surface area contributed by atoms with Gasteiger partial charge in [-0.1, -0.05) is 18.2 Å². The Balaban J connectivity index is 1.31. The molecule has 1 heterocycles. The van der Waals surface area contributed by atoms with E-state index in [1.807, 2.05) is 55.4 Å². The summed E-state index contributed by atoms with van der Waals surface area (Å²) < 4.78 is 27.7. The molecule has 6 nitrogen and oxygen atoms in total. The predicted octanol–water partition coefficient (Wildman–Crippen LogP) is 2.96. The third-order valence-electron chi connectivity index (χ3n) is 6.45. The van der Waals surface area contributed by atoms with Gasteiger partial charge in [0.1, 0.15) is 0 Å². The van der Waals surface area contributed by atoms with Crippen molar-refractivity contribution in [3.05, 3.63) is 59.2 Å². The van der Waals surface area contributed by atoms with Crippen LogP contribution in [0.25, 0.3) is 0 Å². The maximum atomic E-state index is 13.1. The van der Waals surface area contributed by atoms with Crippen molar-refractivity contribution in [2.75, 3.05) is 32.1 Å². The van der Waals surface area contributed by atoms with Gasteiger partial charge in [-0.15, -0.1) is 0 Å². The zero-order chi connectivity index (χ0) is 22.0. The number of anilines is 1. The molecule has 0 radical (unpaired) electrons. The van der Waals surface area contributed by atoms with Gasteiger partial charge in [-0.3, -0.25) is 4.79 Å². The second-order valence-corrected chi connectivity index (χ2v) is 10.7. The van der Waals surface area contributed by atoms with Crippen LogP contribution in [0.1, 0.15) is 36.0 Å². The summed E-state index contributed by atoms with van der Waals surface area (Å²) in [7, 11) is 0.486. The topological polar surface area (TPSA) is 69.7 Å². The van der Waals surface area contributed by atoms with Gasteiger partial charge >= 0.3 is 0 Å². The molecule has 1 saturated heterocycles. The first-order valence-electron chi connectivity index (χ1n) is 11.0. The summed E-state index contributed by atoms with van der Waals surface area (Å²) in [5.74, 6) is -0.140. The van der Waals surface area contributed by atoms with E-state index in [4.69, 9.17) is 0 Å². The summed E-state index contributed by atoms with van der Waals surface area (Å²) in [4.78, 5) is 15.0. The van der Waals surface area contributed by atoms with Crippen LogP contribution in [0.2, 0.25) is 0 Å². The summed E-state index contributed by atoms with van der Waals surface area (Å²) in [6.07, 6.45) is 4.19. The average molecular weight is 442 g/mol. The molecule has 0 atom stereocenters. The van der Waals surface area contributed by atoms with E-state index in [1.165, 1.54) is 9.87 Å². The van der Waals surface area contributed by atoms with Gasteiger partial charge in [0.25, 0.3) is 0 Å². The second-order valence-electron chi connectivity index (χ2n) is 8.74. The lowest BCUT2D eigenvalue weighted by Gasteiger charge is -2.30. The normalized spacial score (nSPS) is 17.4. The number of nitrogens with one attached hydrogen (secondary N) is 1. The molecule has 0 saturated carbocycles. The van der Waals surface area contributed by atoms with Crippen molar-refractivity contribution in [1.29, 1.82) is 0 Å². The molecule has 1 N–H and O–H groups in total. The number of hydrogen-bond acceptors (Lipinski definition) is 4. The minimum Gasteiger partial charge on any atom is -0.378 e. The van der Waals surface area contributed by atoms with E-state index in [0.717, 1.165) is 36.1 Å². The SMILES string of the molecule is CN(C)c1ccc(CNC(=O)C2CCN(S(=O)(=O)c3ccc4c(c3)CCC4)CC2)cc1. The highest BCUT2D eigenvalue weighted by atomic mass is 32.2. The van der Waals surface area contributed by atoms with Crippen LogP contribution in [0, 0.1) is 5.92 Å². The zero-order valence-electron chi connectivity index (χ0n) is 18.3. The molecule has 0 bridgehead atoms. The highest BCUT2D eigenvalue weighted by Crippen LogP contribution is 2.28. The van der Waals surface area contributed by atoms with Gasteiger partial charge in [-0.2, -0.15) is 4.31 Å². The third kappa shape index (κ3) is 4.77. The summed E-state index contributed by atoms with van der Waals surface area (Å²) >= 11 is 0. The number of sulfonamides is 1. The second kappa shape index (κ2) is 9.01. The van der Waals surface area contributed by atoms with E-state index in [-0.39, 0.29) is 11.8 Å². The maximum absolute atomic E-state index is 13.1. The number of aryl methyl sites for hydroxylation is 2. The van der Waals surface area contributed by atoms with Crippen molar-refractivity contribution in [3.8, 4) is 0 Å². The number of fused-ring (bicyclic) bond motifs is 1. The summed E-state index contributed by atoms with van der Waals surface area (Å²) in [5, 5.41) is 3.01. The molecule has 0 unspecified atom stereocenters. The lowest BCUT2D eigenvalue weighted by atomic mass is 9.97. The number of benzene rings is 2. The first-order chi connectivity index (χ1) is 14.8. The smallest absolute Gasteiger partial charge is 0.243 e. The maximum Gasteiger partial charge on any atom is 0.243 e. The number of carbonyl (C=O) groups is 1. The van der Waals surface area contributed by atoms with Crippen molar-refractivity contribution in [2.24, 2.45) is 5.92 Å². The Kier molecular flexibility index (Phi) is 6.34. The monoisotopic (exact) mass is 441 g/mol. The van der Waals surface area contributed by atoms with Crippen molar-refractivity contribution in [2.45, 2.75) is 43.5 Å². The minimum atomic E-state index is -3.50. The summed E-state index contributed by atoms with van der Waals surface area (Å²) in [6, 6.07) is 13.6. The molecule has 2 aromatic carbocycles. The van der Waals surface area contributed by atoms with Gasteiger partial charge in [0.05, 0.1) is 4.90 Å². The fourth-order valence-corrected chi connectivity index (χ4v) is 5.98. The Hall–Kier alpha value is -2.38. The van der Waals surface area contributed by atoms with Crippen LogP contribution in [0.3, 0.4) is 0 Å².